The largest absolute Gasteiger partial charge is 0.401 e. The molecule has 1 aromatic heterocycles. The number of hydrogen-bond acceptors (Lipinski definition) is 5. The van der Waals surface area contributed by atoms with Crippen LogP contribution in [0.2, 0.25) is 5.02 Å². The van der Waals surface area contributed by atoms with E-state index in [-0.39, 0.29) is 37.8 Å². The number of aromatic nitrogens is 2. The Balaban J connectivity index is 2.06. The average molecular weight is 350 g/mol. The quantitative estimate of drug-likeness (QED) is 0.832. The van der Waals surface area contributed by atoms with Gasteiger partial charge < -0.3 is 9.63 Å². The molecular weight excluding hydrogens is 335 g/mol. The molecule has 1 heterocycles. The smallest absolute Gasteiger partial charge is 0.396 e. The van der Waals surface area contributed by atoms with Crippen LogP contribution in [0.5, 0.6) is 0 Å². The number of nitrogens with zero attached hydrogens (tertiary/aromatic N) is 3. The van der Waals surface area contributed by atoms with E-state index >= 15 is 0 Å². The van der Waals surface area contributed by atoms with Crippen LogP contribution in [0.1, 0.15) is 12.3 Å². The minimum absolute atomic E-state index is 0.0780. The fraction of sp³-hybridized carbons (Fsp3) is 0.429. The van der Waals surface area contributed by atoms with E-state index < -0.39 is 12.7 Å². The number of aliphatic hydroxyl groups is 1. The highest BCUT2D eigenvalue weighted by Crippen LogP contribution is 2.21. The second-order valence-electron chi connectivity index (χ2n) is 4.92. The van der Waals surface area contributed by atoms with Crippen LogP contribution in [0.3, 0.4) is 0 Å². The van der Waals surface area contributed by atoms with E-state index in [0.717, 1.165) is 4.90 Å². The molecule has 2 aromatic rings. The highest BCUT2D eigenvalue weighted by atomic mass is 35.5. The van der Waals surface area contributed by atoms with Gasteiger partial charge in [0.25, 0.3) is 0 Å². The number of halogens is 4. The molecule has 0 saturated carbocycles. The van der Waals surface area contributed by atoms with Crippen molar-refractivity contribution in [1.29, 1.82) is 0 Å². The summed E-state index contributed by atoms with van der Waals surface area (Å²) in [6.07, 6.45) is -4.11. The summed E-state index contributed by atoms with van der Waals surface area (Å²) in [5.41, 5.74) is 0.655. The van der Waals surface area contributed by atoms with Gasteiger partial charge >= 0.3 is 6.18 Å². The van der Waals surface area contributed by atoms with E-state index in [0.29, 0.717) is 10.6 Å². The zero-order chi connectivity index (χ0) is 16.9. The third-order valence-corrected chi connectivity index (χ3v) is 3.22. The van der Waals surface area contributed by atoms with Gasteiger partial charge in [-0.05, 0) is 30.7 Å². The standard InChI is InChI=1S/C14H15ClF3N3O2/c15-11-4-2-10(3-5-11)13-19-12(23-20-13)8-21(6-1-7-22)9-14(16,17)18/h2-5,22H,1,6-9H2. The van der Waals surface area contributed by atoms with Crippen molar-refractivity contribution >= 4 is 11.6 Å². The second kappa shape index (κ2) is 7.76. The molecule has 0 radical (unpaired) electrons. The number of hydrogen-bond donors (Lipinski definition) is 1. The summed E-state index contributed by atoms with van der Waals surface area (Å²) in [6, 6.07) is 6.70. The Morgan fingerprint density at radius 1 is 1.22 bits per heavy atom. The van der Waals surface area contributed by atoms with E-state index in [1.807, 2.05) is 0 Å². The Labute approximate surface area is 135 Å². The predicted molar refractivity (Wildman–Crippen MR) is 77.8 cm³/mol. The lowest BCUT2D eigenvalue weighted by atomic mass is 10.2. The van der Waals surface area contributed by atoms with Crippen molar-refractivity contribution in [3.05, 3.63) is 35.2 Å². The first-order chi connectivity index (χ1) is 10.9. The molecule has 0 spiro atoms. The van der Waals surface area contributed by atoms with E-state index in [9.17, 15) is 13.2 Å². The molecule has 0 atom stereocenters. The highest BCUT2D eigenvalue weighted by molar-refractivity contribution is 6.30. The van der Waals surface area contributed by atoms with Gasteiger partial charge in [0, 0.05) is 23.7 Å². The summed E-state index contributed by atoms with van der Waals surface area (Å²) in [5, 5.41) is 13.1. The van der Waals surface area contributed by atoms with Crippen LogP contribution in [0, 0.1) is 0 Å². The van der Waals surface area contributed by atoms with Gasteiger partial charge in [-0.1, -0.05) is 16.8 Å². The maximum absolute atomic E-state index is 12.6. The van der Waals surface area contributed by atoms with Crippen molar-refractivity contribution in [1.82, 2.24) is 15.0 Å². The second-order valence-corrected chi connectivity index (χ2v) is 5.36. The average Bonchev–Trinajstić information content (AvgIpc) is 2.92. The molecule has 0 aliphatic heterocycles. The molecule has 0 amide bonds. The Kier molecular flexibility index (Phi) is 5.97. The zero-order valence-electron chi connectivity index (χ0n) is 12.1. The predicted octanol–water partition coefficient (Wildman–Crippen LogP) is 3.14. The molecule has 0 fully saturated rings. The third kappa shape index (κ3) is 5.81. The van der Waals surface area contributed by atoms with E-state index in [1.54, 1.807) is 24.3 Å². The van der Waals surface area contributed by atoms with Crippen molar-refractivity contribution in [2.24, 2.45) is 0 Å². The van der Waals surface area contributed by atoms with Crippen LogP contribution >= 0.6 is 11.6 Å². The van der Waals surface area contributed by atoms with Gasteiger partial charge in [-0.2, -0.15) is 18.2 Å². The first-order valence-electron chi connectivity index (χ1n) is 6.86. The van der Waals surface area contributed by atoms with Gasteiger partial charge in [-0.25, -0.2) is 0 Å². The highest BCUT2D eigenvalue weighted by Gasteiger charge is 2.31. The van der Waals surface area contributed by atoms with Crippen LogP contribution < -0.4 is 0 Å². The lowest BCUT2D eigenvalue weighted by molar-refractivity contribution is -0.148. The first-order valence-corrected chi connectivity index (χ1v) is 7.23. The van der Waals surface area contributed by atoms with Crippen LogP contribution in [0.25, 0.3) is 11.4 Å². The van der Waals surface area contributed by atoms with E-state index in [4.69, 9.17) is 21.2 Å². The molecule has 0 saturated heterocycles. The molecular formula is C14H15ClF3N3O2. The maximum Gasteiger partial charge on any atom is 0.401 e. The Hall–Kier alpha value is -1.64. The number of aliphatic hydroxyl groups excluding tert-OH is 1. The molecule has 1 N–H and O–H groups in total. The molecule has 0 aliphatic carbocycles. The topological polar surface area (TPSA) is 62.4 Å². The van der Waals surface area contributed by atoms with Crippen molar-refractivity contribution in [2.45, 2.75) is 19.1 Å². The molecule has 9 heteroatoms. The van der Waals surface area contributed by atoms with Crippen molar-refractivity contribution in [2.75, 3.05) is 19.7 Å². The first kappa shape index (κ1) is 17.7. The summed E-state index contributed by atoms with van der Waals surface area (Å²) in [7, 11) is 0. The molecule has 1 aromatic carbocycles. The summed E-state index contributed by atoms with van der Waals surface area (Å²) in [4.78, 5) is 5.20. The lowest BCUT2D eigenvalue weighted by Crippen LogP contribution is -2.35. The van der Waals surface area contributed by atoms with Gasteiger partial charge in [0.05, 0.1) is 13.1 Å². The Morgan fingerprint density at radius 2 is 1.91 bits per heavy atom. The minimum atomic E-state index is -4.34. The van der Waals surface area contributed by atoms with Gasteiger partial charge in [-0.3, -0.25) is 4.90 Å². The summed E-state index contributed by atoms with van der Waals surface area (Å²) in [5.74, 6) is 0.364. The normalized spacial score (nSPS) is 12.1. The lowest BCUT2D eigenvalue weighted by Gasteiger charge is -2.21. The van der Waals surface area contributed by atoms with Gasteiger partial charge in [-0.15, -0.1) is 0 Å². The monoisotopic (exact) mass is 349 g/mol. The van der Waals surface area contributed by atoms with Gasteiger partial charge in [0.15, 0.2) is 0 Å². The molecule has 2 rings (SSSR count). The molecule has 5 nitrogen and oxygen atoms in total. The summed E-state index contributed by atoms with van der Waals surface area (Å²) in [6.45, 7) is -1.35. The molecule has 0 unspecified atom stereocenters. The fourth-order valence-electron chi connectivity index (χ4n) is 1.99. The third-order valence-electron chi connectivity index (χ3n) is 2.96. The zero-order valence-corrected chi connectivity index (χ0v) is 12.8. The van der Waals surface area contributed by atoms with Crippen molar-refractivity contribution in [3.63, 3.8) is 0 Å². The van der Waals surface area contributed by atoms with Crippen LogP contribution in [-0.4, -0.2) is 46.0 Å². The van der Waals surface area contributed by atoms with E-state index in [1.165, 1.54) is 0 Å². The van der Waals surface area contributed by atoms with Gasteiger partial charge in [0.1, 0.15) is 0 Å². The number of benzene rings is 1. The van der Waals surface area contributed by atoms with Crippen LogP contribution in [-0.2, 0) is 6.54 Å². The number of rotatable bonds is 7. The van der Waals surface area contributed by atoms with E-state index in [2.05, 4.69) is 10.1 Å². The summed E-state index contributed by atoms with van der Waals surface area (Å²) < 4.78 is 42.7. The molecule has 23 heavy (non-hydrogen) atoms. The minimum Gasteiger partial charge on any atom is -0.396 e. The number of alkyl halides is 3. The maximum atomic E-state index is 12.6. The Morgan fingerprint density at radius 3 is 2.52 bits per heavy atom. The Bertz CT molecular complexity index is 616. The van der Waals surface area contributed by atoms with Crippen LogP contribution in [0.15, 0.2) is 28.8 Å². The van der Waals surface area contributed by atoms with Crippen LogP contribution in [0.4, 0.5) is 13.2 Å². The van der Waals surface area contributed by atoms with Crippen molar-refractivity contribution < 1.29 is 22.8 Å². The molecule has 126 valence electrons. The molecule has 0 aliphatic rings. The van der Waals surface area contributed by atoms with Crippen molar-refractivity contribution in [3.8, 4) is 11.4 Å². The SMILES string of the molecule is OCCCN(Cc1nc(-c2ccc(Cl)cc2)no1)CC(F)(F)F. The van der Waals surface area contributed by atoms with Gasteiger partial charge in [0.2, 0.25) is 11.7 Å². The summed E-state index contributed by atoms with van der Waals surface area (Å²) >= 11 is 5.79. The molecule has 0 bridgehead atoms. The fourth-order valence-corrected chi connectivity index (χ4v) is 2.11.